The van der Waals surface area contributed by atoms with Crippen molar-refractivity contribution in [2.75, 3.05) is 0 Å². The lowest BCUT2D eigenvalue weighted by Gasteiger charge is -2.12. The van der Waals surface area contributed by atoms with E-state index in [0.717, 1.165) is 22.2 Å². The van der Waals surface area contributed by atoms with Gasteiger partial charge >= 0.3 is 0 Å². The quantitative estimate of drug-likeness (QED) is 0.656. The minimum Gasteiger partial charge on any atom is -0.248 e. The monoisotopic (exact) mass is 217 g/mol. The second kappa shape index (κ2) is 3.11. The van der Waals surface area contributed by atoms with E-state index in [1.54, 1.807) is 6.08 Å². The van der Waals surface area contributed by atoms with Gasteiger partial charge in [0.2, 0.25) is 0 Å². The van der Waals surface area contributed by atoms with Crippen LogP contribution in [0.2, 0.25) is 0 Å². The second-order valence-corrected chi connectivity index (χ2v) is 3.97. The maximum Gasteiger partial charge on any atom is 0.272 e. The molecule has 16 heavy (non-hydrogen) atoms. The van der Waals surface area contributed by atoms with Crippen LogP contribution >= 0.6 is 0 Å². The Morgan fingerprint density at radius 1 is 1.19 bits per heavy atom. The van der Waals surface area contributed by atoms with Crippen LogP contribution in [0.4, 0.5) is 8.78 Å². The van der Waals surface area contributed by atoms with Gasteiger partial charge in [-0.05, 0) is 17.4 Å². The van der Waals surface area contributed by atoms with E-state index in [1.165, 1.54) is 0 Å². The molecule has 1 aliphatic carbocycles. The van der Waals surface area contributed by atoms with Crippen molar-refractivity contribution in [3.8, 4) is 0 Å². The second-order valence-electron chi connectivity index (χ2n) is 3.97. The number of hydrogen-bond acceptors (Lipinski definition) is 1. The highest BCUT2D eigenvalue weighted by Gasteiger charge is 2.26. The Hall–Kier alpha value is -1.77. The molecule has 0 bridgehead atoms. The molecular formula is C13H9F2N. The van der Waals surface area contributed by atoms with Crippen molar-refractivity contribution < 1.29 is 8.78 Å². The van der Waals surface area contributed by atoms with Crippen molar-refractivity contribution >= 4 is 23.1 Å². The highest BCUT2D eigenvalue weighted by Crippen LogP contribution is 2.21. The Morgan fingerprint density at radius 2 is 2.00 bits per heavy atom. The molecule has 0 aliphatic heterocycles. The zero-order valence-electron chi connectivity index (χ0n) is 8.45. The molecule has 0 spiro atoms. The van der Waals surface area contributed by atoms with Crippen molar-refractivity contribution in [2.45, 2.75) is 12.3 Å². The van der Waals surface area contributed by atoms with E-state index in [1.807, 2.05) is 30.3 Å². The van der Waals surface area contributed by atoms with E-state index in [9.17, 15) is 8.78 Å². The molecule has 0 atom stereocenters. The number of pyridine rings is 1. The number of benzene rings is 1. The molecular weight excluding hydrogens is 208 g/mol. The summed E-state index contributed by atoms with van der Waals surface area (Å²) in [6.45, 7) is 0. The van der Waals surface area contributed by atoms with Crippen molar-refractivity contribution in [1.82, 2.24) is 4.98 Å². The molecule has 0 amide bonds. The lowest BCUT2D eigenvalue weighted by atomic mass is 10.1. The van der Waals surface area contributed by atoms with Gasteiger partial charge < -0.3 is 0 Å². The average Bonchev–Trinajstić information content (AvgIpc) is 2.25. The fourth-order valence-corrected chi connectivity index (χ4v) is 1.93. The largest absolute Gasteiger partial charge is 0.272 e. The molecule has 1 aliphatic rings. The highest BCUT2D eigenvalue weighted by atomic mass is 19.3. The van der Waals surface area contributed by atoms with Crippen LogP contribution in [0.5, 0.6) is 0 Å². The van der Waals surface area contributed by atoms with Crippen molar-refractivity contribution in [3.63, 3.8) is 0 Å². The summed E-state index contributed by atoms with van der Waals surface area (Å²) in [7, 11) is 0. The summed E-state index contributed by atoms with van der Waals surface area (Å²) < 4.78 is 26.3. The maximum atomic E-state index is 13.2. The predicted octanol–water partition coefficient (Wildman–Crippen LogP) is 1.83. The van der Waals surface area contributed by atoms with E-state index in [4.69, 9.17) is 0 Å². The molecule has 0 saturated heterocycles. The highest BCUT2D eigenvalue weighted by molar-refractivity contribution is 5.78. The number of aromatic nitrogens is 1. The first kappa shape index (κ1) is 9.46. The van der Waals surface area contributed by atoms with Gasteiger partial charge in [-0.3, -0.25) is 0 Å². The molecule has 1 heterocycles. The molecule has 80 valence electrons. The lowest BCUT2D eigenvalue weighted by molar-refractivity contribution is 0.0795. The van der Waals surface area contributed by atoms with Crippen LogP contribution in [0.1, 0.15) is 6.42 Å². The first-order chi connectivity index (χ1) is 7.64. The van der Waals surface area contributed by atoms with E-state index >= 15 is 0 Å². The van der Waals surface area contributed by atoms with Gasteiger partial charge in [-0.1, -0.05) is 24.3 Å². The number of fused-ring (bicyclic) bond motifs is 2. The number of para-hydroxylation sites is 1. The molecule has 0 fully saturated rings. The van der Waals surface area contributed by atoms with Crippen LogP contribution in [0, 0.1) is 0 Å². The van der Waals surface area contributed by atoms with Gasteiger partial charge in [0, 0.05) is 17.9 Å². The van der Waals surface area contributed by atoms with Crippen LogP contribution in [-0.4, -0.2) is 10.9 Å². The average molecular weight is 217 g/mol. The topological polar surface area (TPSA) is 12.9 Å². The van der Waals surface area contributed by atoms with Crippen molar-refractivity contribution in [2.24, 2.45) is 0 Å². The minimum absolute atomic E-state index is 0.236. The number of hydrogen-bond donors (Lipinski definition) is 0. The van der Waals surface area contributed by atoms with Gasteiger partial charge in [-0.25, -0.2) is 13.8 Å². The zero-order valence-corrected chi connectivity index (χ0v) is 8.45. The summed E-state index contributed by atoms with van der Waals surface area (Å²) in [4.78, 5) is 4.24. The molecule has 1 nitrogen and oxygen atoms in total. The van der Waals surface area contributed by atoms with Crippen LogP contribution in [0.3, 0.4) is 0 Å². The SMILES string of the molecule is FC1(F)C=c2nc3ccccc3cc2=CC1. The number of nitrogens with zero attached hydrogens (tertiary/aromatic N) is 1. The molecule has 2 aromatic rings. The predicted molar refractivity (Wildman–Crippen MR) is 59.5 cm³/mol. The molecule has 0 unspecified atom stereocenters. The van der Waals surface area contributed by atoms with Crippen LogP contribution in [0.15, 0.2) is 30.3 Å². The van der Waals surface area contributed by atoms with Gasteiger partial charge in [0.25, 0.3) is 5.92 Å². The molecule has 1 aromatic carbocycles. The first-order valence-electron chi connectivity index (χ1n) is 5.11. The van der Waals surface area contributed by atoms with E-state index < -0.39 is 5.92 Å². The van der Waals surface area contributed by atoms with Gasteiger partial charge in [0.1, 0.15) is 0 Å². The molecule has 3 rings (SSSR count). The Morgan fingerprint density at radius 3 is 2.88 bits per heavy atom. The Balaban J connectivity index is 2.41. The Kier molecular flexibility index (Phi) is 1.84. The Labute approximate surface area is 90.7 Å². The van der Waals surface area contributed by atoms with Gasteiger partial charge in [-0.2, -0.15) is 0 Å². The summed E-state index contributed by atoms with van der Waals surface area (Å²) in [5.41, 5.74) is 0.753. The third-order valence-electron chi connectivity index (χ3n) is 2.73. The molecule has 0 saturated carbocycles. The standard InChI is InChI=1S/C13H9F2N/c14-13(15)6-5-10-7-9-3-1-2-4-11(9)16-12(10)8-13/h1-5,7-8H,6H2. The normalized spacial score (nSPS) is 17.4. The fourth-order valence-electron chi connectivity index (χ4n) is 1.93. The van der Waals surface area contributed by atoms with Gasteiger partial charge in [0.15, 0.2) is 0 Å². The van der Waals surface area contributed by atoms with E-state index in [-0.39, 0.29) is 6.42 Å². The lowest BCUT2D eigenvalue weighted by Crippen LogP contribution is -2.35. The van der Waals surface area contributed by atoms with Crippen LogP contribution < -0.4 is 10.6 Å². The number of alkyl halides is 2. The van der Waals surface area contributed by atoms with E-state index in [2.05, 4.69) is 4.98 Å². The first-order valence-corrected chi connectivity index (χ1v) is 5.11. The van der Waals surface area contributed by atoms with Gasteiger partial charge in [-0.15, -0.1) is 0 Å². The van der Waals surface area contributed by atoms with E-state index in [0.29, 0.717) is 5.35 Å². The molecule has 3 heteroatoms. The minimum atomic E-state index is -2.76. The summed E-state index contributed by atoms with van der Waals surface area (Å²) in [5, 5.41) is 2.16. The Bertz CT molecular complexity index is 674. The third-order valence-corrected chi connectivity index (χ3v) is 2.73. The third kappa shape index (κ3) is 1.48. The number of halogens is 2. The molecule has 1 aromatic heterocycles. The van der Waals surface area contributed by atoms with Crippen molar-refractivity contribution in [1.29, 1.82) is 0 Å². The zero-order chi connectivity index (χ0) is 11.2. The van der Waals surface area contributed by atoms with Crippen LogP contribution in [0.25, 0.3) is 23.1 Å². The molecule has 0 N–H and O–H groups in total. The van der Waals surface area contributed by atoms with Crippen molar-refractivity contribution in [3.05, 3.63) is 40.9 Å². The summed E-state index contributed by atoms with van der Waals surface area (Å²) in [5.74, 6) is -2.76. The fraction of sp³-hybridized carbons (Fsp3) is 0.154. The molecule has 0 radical (unpaired) electrons. The summed E-state index contributed by atoms with van der Waals surface area (Å²) >= 11 is 0. The number of rotatable bonds is 0. The smallest absolute Gasteiger partial charge is 0.248 e. The van der Waals surface area contributed by atoms with Gasteiger partial charge in [0.05, 0.1) is 10.9 Å². The maximum absolute atomic E-state index is 13.2. The summed E-state index contributed by atoms with van der Waals surface area (Å²) in [6.07, 6.45) is 2.27. The summed E-state index contributed by atoms with van der Waals surface area (Å²) in [6, 6.07) is 9.44. The van der Waals surface area contributed by atoms with Crippen LogP contribution in [-0.2, 0) is 0 Å².